The molecule has 0 aliphatic rings. The van der Waals surface area contributed by atoms with Crippen LogP contribution >= 0.6 is 0 Å². The van der Waals surface area contributed by atoms with Crippen LogP contribution in [0, 0.1) is 13.8 Å². The Morgan fingerprint density at radius 1 is 1.04 bits per heavy atom. The lowest BCUT2D eigenvalue weighted by Gasteiger charge is -2.18. The van der Waals surface area contributed by atoms with Crippen LogP contribution in [0.25, 0.3) is 0 Å². The van der Waals surface area contributed by atoms with Crippen molar-refractivity contribution in [2.75, 3.05) is 10.6 Å². The van der Waals surface area contributed by atoms with Gasteiger partial charge in [-0.15, -0.1) is 0 Å². The zero-order chi connectivity index (χ0) is 19.2. The van der Waals surface area contributed by atoms with Crippen molar-refractivity contribution in [2.45, 2.75) is 26.9 Å². The molecule has 27 heavy (non-hydrogen) atoms. The number of aryl methyl sites for hydroxylation is 2. The molecule has 2 heterocycles. The van der Waals surface area contributed by atoms with E-state index in [0.29, 0.717) is 17.3 Å². The summed E-state index contributed by atoms with van der Waals surface area (Å²) >= 11 is 0. The number of urea groups is 1. The van der Waals surface area contributed by atoms with E-state index >= 15 is 0 Å². The molecule has 1 atom stereocenters. The second kappa shape index (κ2) is 8.27. The highest BCUT2D eigenvalue weighted by Crippen LogP contribution is 2.30. The van der Waals surface area contributed by atoms with E-state index in [9.17, 15) is 4.79 Å². The van der Waals surface area contributed by atoms with Gasteiger partial charge < -0.3 is 10.1 Å². The molecule has 2 aromatic heterocycles. The molecule has 1 aromatic carbocycles. The molecule has 2 amide bonds. The van der Waals surface area contributed by atoms with Crippen LogP contribution in [0.4, 0.5) is 16.3 Å². The maximum absolute atomic E-state index is 12.3. The number of nitrogens with zero attached hydrogens (tertiary/aromatic N) is 3. The van der Waals surface area contributed by atoms with Crippen LogP contribution in [0.3, 0.4) is 0 Å². The second-order valence-electron chi connectivity index (χ2n) is 6.14. The lowest BCUT2D eigenvalue weighted by Crippen LogP contribution is -2.21. The zero-order valence-corrected chi connectivity index (χ0v) is 15.4. The molecule has 138 valence electrons. The van der Waals surface area contributed by atoms with Gasteiger partial charge in [-0.25, -0.2) is 9.78 Å². The molecule has 0 bridgehead atoms. The number of carbonyl (C=O) groups is 1. The monoisotopic (exact) mass is 363 g/mol. The molecule has 0 spiro atoms. The normalized spacial score (nSPS) is 11.5. The highest BCUT2D eigenvalue weighted by Gasteiger charge is 2.14. The Labute approximate surface area is 157 Å². The van der Waals surface area contributed by atoms with Gasteiger partial charge >= 0.3 is 6.03 Å². The summed E-state index contributed by atoms with van der Waals surface area (Å²) in [6.45, 7) is 5.68. The van der Waals surface area contributed by atoms with Gasteiger partial charge in [-0.2, -0.15) is 0 Å². The summed E-state index contributed by atoms with van der Waals surface area (Å²) in [5.41, 5.74) is 3.15. The largest absolute Gasteiger partial charge is 0.482 e. The first-order chi connectivity index (χ1) is 13.0. The minimum Gasteiger partial charge on any atom is -0.482 e. The molecule has 0 fully saturated rings. The highest BCUT2D eigenvalue weighted by atomic mass is 16.5. The maximum Gasteiger partial charge on any atom is 0.324 e. The van der Waals surface area contributed by atoms with Crippen molar-refractivity contribution in [2.24, 2.45) is 0 Å². The van der Waals surface area contributed by atoms with Crippen LogP contribution < -0.4 is 15.4 Å². The number of ether oxygens (including phenoxy) is 1. The van der Waals surface area contributed by atoms with Crippen molar-refractivity contribution in [3.05, 3.63) is 71.9 Å². The van der Waals surface area contributed by atoms with E-state index in [-0.39, 0.29) is 6.10 Å². The highest BCUT2D eigenvalue weighted by molar-refractivity contribution is 6.00. The number of hydrogen-bond donors (Lipinski definition) is 2. The number of benzene rings is 1. The third kappa shape index (κ3) is 5.01. The van der Waals surface area contributed by atoms with Crippen molar-refractivity contribution >= 4 is 17.5 Å². The van der Waals surface area contributed by atoms with Gasteiger partial charge in [0.25, 0.3) is 0 Å². The molecule has 1 unspecified atom stereocenters. The average Bonchev–Trinajstić information content (AvgIpc) is 2.66. The number of hydrogen-bond acceptors (Lipinski definition) is 5. The second-order valence-corrected chi connectivity index (χ2v) is 6.14. The molecule has 2 N–H and O–H groups in total. The van der Waals surface area contributed by atoms with E-state index in [1.165, 1.54) is 6.20 Å². The van der Waals surface area contributed by atoms with Crippen LogP contribution in [-0.4, -0.2) is 21.0 Å². The summed E-state index contributed by atoms with van der Waals surface area (Å²) < 4.78 is 6.02. The predicted octanol–water partition coefficient (Wildman–Crippen LogP) is 4.27. The number of rotatable bonds is 5. The molecule has 0 saturated heterocycles. The summed E-state index contributed by atoms with van der Waals surface area (Å²) in [5, 5.41) is 5.47. The molecule has 0 saturated carbocycles. The van der Waals surface area contributed by atoms with E-state index in [1.54, 1.807) is 12.4 Å². The predicted molar refractivity (Wildman–Crippen MR) is 104 cm³/mol. The van der Waals surface area contributed by atoms with Crippen LogP contribution in [0.1, 0.15) is 30.0 Å². The zero-order valence-electron chi connectivity index (χ0n) is 15.4. The lowest BCUT2D eigenvalue weighted by atomic mass is 10.2. The maximum atomic E-state index is 12.3. The van der Waals surface area contributed by atoms with E-state index in [4.69, 9.17) is 4.74 Å². The third-order valence-corrected chi connectivity index (χ3v) is 3.81. The third-order valence-electron chi connectivity index (χ3n) is 3.81. The minimum atomic E-state index is -0.422. The summed E-state index contributed by atoms with van der Waals surface area (Å²) in [6, 6.07) is 10.8. The van der Waals surface area contributed by atoms with Gasteiger partial charge in [0.2, 0.25) is 0 Å². The minimum absolute atomic E-state index is 0.263. The number of amides is 2. The van der Waals surface area contributed by atoms with Gasteiger partial charge in [0, 0.05) is 6.20 Å². The fraction of sp³-hybridized carbons (Fsp3) is 0.200. The van der Waals surface area contributed by atoms with Gasteiger partial charge in [0.05, 0.1) is 29.5 Å². The molecular formula is C20H21N5O2. The van der Waals surface area contributed by atoms with Crippen molar-refractivity contribution in [1.29, 1.82) is 0 Å². The number of carbonyl (C=O) groups excluding carboxylic acids is 1. The molecule has 3 aromatic rings. The quantitative estimate of drug-likeness (QED) is 0.706. The molecule has 0 radical (unpaired) electrons. The first-order valence-corrected chi connectivity index (χ1v) is 8.56. The van der Waals surface area contributed by atoms with Crippen molar-refractivity contribution in [1.82, 2.24) is 15.0 Å². The van der Waals surface area contributed by atoms with Crippen molar-refractivity contribution in [3.8, 4) is 5.75 Å². The number of pyridine rings is 1. The summed E-state index contributed by atoms with van der Waals surface area (Å²) in [6.07, 6.45) is 4.55. The molecule has 7 nitrogen and oxygen atoms in total. The van der Waals surface area contributed by atoms with Crippen LogP contribution in [-0.2, 0) is 0 Å². The lowest BCUT2D eigenvalue weighted by molar-refractivity contribution is 0.223. The van der Waals surface area contributed by atoms with Crippen molar-refractivity contribution < 1.29 is 9.53 Å². The average molecular weight is 363 g/mol. The van der Waals surface area contributed by atoms with E-state index < -0.39 is 6.03 Å². The number of nitrogens with one attached hydrogen (secondary N) is 2. The Morgan fingerprint density at radius 2 is 1.89 bits per heavy atom. The smallest absolute Gasteiger partial charge is 0.324 e. The molecule has 0 aliphatic heterocycles. The van der Waals surface area contributed by atoms with E-state index in [2.05, 4.69) is 25.6 Å². The first-order valence-electron chi connectivity index (χ1n) is 8.56. The fourth-order valence-corrected chi connectivity index (χ4v) is 2.44. The van der Waals surface area contributed by atoms with Crippen molar-refractivity contribution in [3.63, 3.8) is 0 Å². The van der Waals surface area contributed by atoms with E-state index in [0.717, 1.165) is 17.0 Å². The Kier molecular flexibility index (Phi) is 5.61. The topological polar surface area (TPSA) is 89.0 Å². The van der Waals surface area contributed by atoms with Gasteiger partial charge in [0.15, 0.2) is 5.82 Å². The standard InChI is InChI=1S/C20H21N5O2/c1-13-7-8-18(27-15(3)16-6-4-5-9-21-16)17(10-13)24-20(26)25-19-12-22-14(2)11-23-19/h4-12,15H,1-3H3,(H2,23,24,25,26). The van der Waals surface area contributed by atoms with Crippen LogP contribution in [0.5, 0.6) is 5.75 Å². The van der Waals surface area contributed by atoms with Gasteiger partial charge in [0.1, 0.15) is 11.9 Å². The Bertz CT molecular complexity index is 913. The van der Waals surface area contributed by atoms with Crippen LogP contribution in [0.15, 0.2) is 55.0 Å². The SMILES string of the molecule is Cc1ccc(OC(C)c2ccccn2)c(NC(=O)Nc2cnc(C)cn2)c1. The molecule has 3 rings (SSSR count). The number of aromatic nitrogens is 3. The molecular weight excluding hydrogens is 342 g/mol. The molecule has 7 heteroatoms. The summed E-state index contributed by atoms with van der Waals surface area (Å²) in [4.78, 5) is 24.9. The van der Waals surface area contributed by atoms with Gasteiger partial charge in [-0.1, -0.05) is 12.1 Å². The van der Waals surface area contributed by atoms with Gasteiger partial charge in [-0.05, 0) is 50.6 Å². The van der Waals surface area contributed by atoms with E-state index in [1.807, 2.05) is 57.2 Å². The molecule has 0 aliphatic carbocycles. The Morgan fingerprint density at radius 3 is 2.59 bits per heavy atom. The fourth-order valence-electron chi connectivity index (χ4n) is 2.44. The Hall–Kier alpha value is -3.48. The Balaban J connectivity index is 1.73. The van der Waals surface area contributed by atoms with Gasteiger partial charge in [-0.3, -0.25) is 15.3 Å². The van der Waals surface area contributed by atoms with Crippen LogP contribution in [0.2, 0.25) is 0 Å². The summed E-state index contributed by atoms with van der Waals surface area (Å²) in [5.74, 6) is 0.930. The summed E-state index contributed by atoms with van der Waals surface area (Å²) in [7, 11) is 0. The number of anilines is 2. The first kappa shape index (κ1) is 18.3.